The maximum absolute atomic E-state index is 12.6. The summed E-state index contributed by atoms with van der Waals surface area (Å²) in [5, 5.41) is 4.67. The second-order valence-electron chi connectivity index (χ2n) is 7.63. The van der Waals surface area contributed by atoms with Crippen LogP contribution < -0.4 is 10.1 Å². The van der Waals surface area contributed by atoms with Crippen molar-refractivity contribution in [2.45, 2.75) is 0 Å². The van der Waals surface area contributed by atoms with E-state index in [2.05, 4.69) is 5.32 Å². The fourth-order valence-corrected chi connectivity index (χ4v) is 4.97. The molecule has 1 N–H and O–H groups in total. The Morgan fingerprint density at radius 2 is 1.73 bits per heavy atom. The van der Waals surface area contributed by atoms with Crippen molar-refractivity contribution >= 4 is 32.6 Å². The maximum Gasteiger partial charge on any atom is 0.289 e. The lowest BCUT2D eigenvalue weighted by Gasteiger charge is -2.33. The first-order chi connectivity index (χ1) is 15.9. The molecule has 2 amide bonds. The number of fused-ring (bicyclic) bond motifs is 1. The molecule has 0 bridgehead atoms. The highest BCUT2D eigenvalue weighted by atomic mass is 32.2. The number of piperazine rings is 1. The average molecular weight is 472 g/mol. The van der Waals surface area contributed by atoms with Gasteiger partial charge in [-0.3, -0.25) is 9.59 Å². The molecular weight excluding hydrogens is 446 g/mol. The standard InChI is InChI=1S/C23H25N3O6S/c27-22(17-32-20-8-7-18-4-1-2-5-19(18)16-20)24-9-15-33(29,30)26-12-10-25(11-13-26)23(28)21-6-3-14-31-21/h1-8,14,16H,9-13,15,17H2,(H,24,27). The maximum atomic E-state index is 12.6. The number of rotatable bonds is 8. The quantitative estimate of drug-likeness (QED) is 0.536. The van der Waals surface area contributed by atoms with E-state index in [4.69, 9.17) is 9.15 Å². The Morgan fingerprint density at radius 1 is 0.970 bits per heavy atom. The second kappa shape index (κ2) is 10.1. The molecule has 1 saturated heterocycles. The van der Waals surface area contributed by atoms with Crippen molar-refractivity contribution in [3.63, 3.8) is 0 Å². The molecule has 0 unspecified atom stereocenters. The first-order valence-corrected chi connectivity index (χ1v) is 12.2. The van der Waals surface area contributed by atoms with Crippen LogP contribution in [0.5, 0.6) is 5.75 Å². The van der Waals surface area contributed by atoms with Crippen LogP contribution in [0.4, 0.5) is 0 Å². The summed E-state index contributed by atoms with van der Waals surface area (Å²) in [6, 6.07) is 16.6. The average Bonchev–Trinajstić information content (AvgIpc) is 3.37. The van der Waals surface area contributed by atoms with E-state index in [0.717, 1.165) is 10.8 Å². The van der Waals surface area contributed by atoms with Crippen molar-refractivity contribution in [2.75, 3.05) is 45.1 Å². The van der Waals surface area contributed by atoms with E-state index in [9.17, 15) is 18.0 Å². The summed E-state index contributed by atoms with van der Waals surface area (Å²) in [4.78, 5) is 25.9. The van der Waals surface area contributed by atoms with Crippen molar-refractivity contribution in [3.8, 4) is 5.75 Å². The van der Waals surface area contributed by atoms with Gasteiger partial charge in [0.05, 0.1) is 12.0 Å². The van der Waals surface area contributed by atoms with Crippen molar-refractivity contribution < 1.29 is 27.2 Å². The van der Waals surface area contributed by atoms with Gasteiger partial charge in [-0.25, -0.2) is 8.42 Å². The largest absolute Gasteiger partial charge is 0.484 e. The molecule has 9 nitrogen and oxygen atoms in total. The third-order valence-corrected chi connectivity index (χ3v) is 7.30. The van der Waals surface area contributed by atoms with E-state index in [0.29, 0.717) is 5.75 Å². The summed E-state index contributed by atoms with van der Waals surface area (Å²) in [6.07, 6.45) is 1.43. The van der Waals surface area contributed by atoms with Crippen LogP contribution in [0.1, 0.15) is 10.6 Å². The fraction of sp³-hybridized carbons (Fsp3) is 0.304. The van der Waals surface area contributed by atoms with Gasteiger partial charge in [0.15, 0.2) is 12.4 Å². The highest BCUT2D eigenvalue weighted by Crippen LogP contribution is 2.20. The molecule has 1 aliphatic heterocycles. The predicted octanol–water partition coefficient (Wildman–Crippen LogP) is 1.72. The molecule has 4 rings (SSSR count). The van der Waals surface area contributed by atoms with Crippen LogP contribution in [-0.2, 0) is 14.8 Å². The van der Waals surface area contributed by atoms with Gasteiger partial charge >= 0.3 is 0 Å². The fourth-order valence-electron chi connectivity index (χ4n) is 3.63. The minimum atomic E-state index is -3.56. The Hall–Kier alpha value is -3.37. The van der Waals surface area contributed by atoms with Crippen LogP contribution in [0, 0.1) is 0 Å². The van der Waals surface area contributed by atoms with Crippen molar-refractivity contribution in [1.29, 1.82) is 0 Å². The van der Waals surface area contributed by atoms with E-state index < -0.39 is 15.9 Å². The van der Waals surface area contributed by atoms with Gasteiger partial charge in [0.25, 0.3) is 11.8 Å². The van der Waals surface area contributed by atoms with Gasteiger partial charge in [0.1, 0.15) is 5.75 Å². The summed E-state index contributed by atoms with van der Waals surface area (Å²) in [5.74, 6) is -0.0674. The molecule has 2 aromatic carbocycles. The molecule has 0 aliphatic carbocycles. The normalized spacial score (nSPS) is 14.8. The van der Waals surface area contributed by atoms with Gasteiger partial charge < -0.3 is 19.4 Å². The smallest absolute Gasteiger partial charge is 0.289 e. The van der Waals surface area contributed by atoms with E-state index in [1.807, 2.05) is 36.4 Å². The van der Waals surface area contributed by atoms with Crippen LogP contribution in [0.3, 0.4) is 0 Å². The van der Waals surface area contributed by atoms with E-state index >= 15 is 0 Å². The molecule has 1 aliphatic rings. The molecule has 10 heteroatoms. The second-order valence-corrected chi connectivity index (χ2v) is 9.72. The van der Waals surface area contributed by atoms with Gasteiger partial charge in [0.2, 0.25) is 10.0 Å². The van der Waals surface area contributed by atoms with Crippen LogP contribution in [-0.4, -0.2) is 74.5 Å². The Kier molecular flexibility index (Phi) is 6.95. The van der Waals surface area contributed by atoms with Gasteiger partial charge in [-0.05, 0) is 35.0 Å². The number of nitrogens with one attached hydrogen (secondary N) is 1. The summed E-state index contributed by atoms with van der Waals surface area (Å²) in [6.45, 7) is 0.747. The number of carbonyl (C=O) groups is 2. The highest BCUT2D eigenvalue weighted by Gasteiger charge is 2.29. The Morgan fingerprint density at radius 3 is 2.45 bits per heavy atom. The summed E-state index contributed by atoms with van der Waals surface area (Å²) in [5.41, 5.74) is 0. The Labute approximate surface area is 192 Å². The molecule has 2 heterocycles. The molecule has 0 saturated carbocycles. The van der Waals surface area contributed by atoms with Gasteiger partial charge in [-0.2, -0.15) is 4.31 Å². The van der Waals surface area contributed by atoms with Crippen LogP contribution >= 0.6 is 0 Å². The van der Waals surface area contributed by atoms with Crippen molar-refractivity contribution in [2.24, 2.45) is 0 Å². The monoisotopic (exact) mass is 471 g/mol. The highest BCUT2D eigenvalue weighted by molar-refractivity contribution is 7.89. The van der Waals surface area contributed by atoms with Crippen molar-refractivity contribution in [3.05, 3.63) is 66.6 Å². The molecule has 0 spiro atoms. The zero-order valence-electron chi connectivity index (χ0n) is 18.0. The molecule has 174 valence electrons. The van der Waals surface area contributed by atoms with E-state index in [-0.39, 0.29) is 56.8 Å². The molecule has 3 aromatic rings. The number of hydrogen-bond acceptors (Lipinski definition) is 6. The molecule has 0 atom stereocenters. The topological polar surface area (TPSA) is 109 Å². The minimum absolute atomic E-state index is 0.0201. The lowest BCUT2D eigenvalue weighted by atomic mass is 10.1. The summed E-state index contributed by atoms with van der Waals surface area (Å²) < 4.78 is 37.2. The molecule has 33 heavy (non-hydrogen) atoms. The lowest BCUT2D eigenvalue weighted by molar-refractivity contribution is -0.122. The molecule has 1 aromatic heterocycles. The first kappa shape index (κ1) is 22.8. The van der Waals surface area contributed by atoms with Crippen LogP contribution in [0.15, 0.2) is 65.3 Å². The summed E-state index contributed by atoms with van der Waals surface area (Å²) in [7, 11) is -3.56. The Balaban J connectivity index is 1.19. The van der Waals surface area contributed by atoms with E-state index in [1.165, 1.54) is 10.6 Å². The number of sulfonamides is 1. The predicted molar refractivity (Wildman–Crippen MR) is 122 cm³/mol. The molecule has 1 fully saturated rings. The van der Waals surface area contributed by atoms with Gasteiger partial charge in [-0.15, -0.1) is 0 Å². The third-order valence-electron chi connectivity index (χ3n) is 5.42. The zero-order valence-corrected chi connectivity index (χ0v) is 18.8. The SMILES string of the molecule is O=C(COc1ccc2ccccc2c1)NCCS(=O)(=O)N1CCN(C(=O)c2ccco2)CC1. The van der Waals surface area contributed by atoms with Crippen LogP contribution in [0.2, 0.25) is 0 Å². The summed E-state index contributed by atoms with van der Waals surface area (Å²) >= 11 is 0. The third kappa shape index (κ3) is 5.71. The molecular formula is C23H25N3O6S. The van der Waals surface area contributed by atoms with Crippen molar-refractivity contribution in [1.82, 2.24) is 14.5 Å². The minimum Gasteiger partial charge on any atom is -0.484 e. The molecule has 0 radical (unpaired) electrons. The Bertz CT molecular complexity index is 1220. The van der Waals surface area contributed by atoms with Gasteiger partial charge in [0, 0.05) is 32.7 Å². The number of nitrogens with zero attached hydrogens (tertiary/aromatic N) is 2. The number of hydrogen-bond donors (Lipinski definition) is 1. The number of ether oxygens (including phenoxy) is 1. The first-order valence-electron chi connectivity index (χ1n) is 10.6. The number of carbonyl (C=O) groups excluding carboxylic acids is 2. The number of amides is 2. The van der Waals surface area contributed by atoms with Gasteiger partial charge in [-0.1, -0.05) is 30.3 Å². The number of benzene rings is 2. The van der Waals surface area contributed by atoms with Crippen LogP contribution in [0.25, 0.3) is 10.8 Å². The number of furan rings is 1. The lowest BCUT2D eigenvalue weighted by Crippen LogP contribution is -2.51. The zero-order chi connectivity index (χ0) is 23.3. The van der Waals surface area contributed by atoms with E-state index in [1.54, 1.807) is 23.1 Å².